The zero-order valence-electron chi connectivity index (χ0n) is 16.4. The van der Waals surface area contributed by atoms with E-state index in [4.69, 9.17) is 9.15 Å². The van der Waals surface area contributed by atoms with Gasteiger partial charge in [-0.3, -0.25) is 0 Å². The van der Waals surface area contributed by atoms with Gasteiger partial charge in [-0.05, 0) is 30.9 Å². The van der Waals surface area contributed by atoms with Crippen LogP contribution in [0.3, 0.4) is 0 Å². The van der Waals surface area contributed by atoms with Crippen LogP contribution in [0.2, 0.25) is 0 Å². The van der Waals surface area contributed by atoms with Crippen molar-refractivity contribution in [2.24, 2.45) is 0 Å². The fourth-order valence-electron chi connectivity index (χ4n) is 4.26. The number of carbonyl (C=O) groups is 1. The highest BCUT2D eigenvalue weighted by atomic mass is 32.2. The second-order valence-electron chi connectivity index (χ2n) is 7.47. The third kappa shape index (κ3) is 3.95. The number of hydrogen-bond acceptors (Lipinski definition) is 5. The Hall–Kier alpha value is -2.58. The molecule has 2 heterocycles. The minimum atomic E-state index is -3.42. The largest absolute Gasteiger partial charge is 0.456 e. The number of piperidine rings is 1. The van der Waals surface area contributed by atoms with Gasteiger partial charge in [0.25, 0.3) is 0 Å². The Balaban J connectivity index is 1.76. The van der Waals surface area contributed by atoms with Crippen LogP contribution >= 0.6 is 0 Å². The molecule has 2 unspecified atom stereocenters. The third-order valence-electron chi connectivity index (χ3n) is 5.47. The summed E-state index contributed by atoms with van der Waals surface area (Å²) in [6.07, 6.45) is 2.50. The van der Waals surface area contributed by atoms with E-state index in [0.29, 0.717) is 25.8 Å². The number of para-hydroxylation sites is 2. The number of furan rings is 1. The smallest absolute Gasteiger partial charge is 0.409 e. The van der Waals surface area contributed by atoms with E-state index in [1.54, 1.807) is 4.90 Å². The van der Waals surface area contributed by atoms with Gasteiger partial charge in [0.15, 0.2) is 0 Å². The van der Waals surface area contributed by atoms with Gasteiger partial charge in [-0.1, -0.05) is 36.4 Å². The summed E-state index contributed by atoms with van der Waals surface area (Å²) in [6, 6.07) is 13.0. The predicted molar refractivity (Wildman–Crippen MR) is 111 cm³/mol. The summed E-state index contributed by atoms with van der Waals surface area (Å²) in [7, 11) is -2.08. The van der Waals surface area contributed by atoms with Gasteiger partial charge in [-0.2, -0.15) is 0 Å². The van der Waals surface area contributed by atoms with Crippen molar-refractivity contribution in [1.29, 1.82) is 0 Å². The summed E-state index contributed by atoms with van der Waals surface area (Å²) >= 11 is 0. The molecule has 1 amide bonds. The first-order chi connectivity index (χ1) is 13.9. The zero-order valence-corrected chi connectivity index (χ0v) is 17.2. The molecule has 0 spiro atoms. The number of carbonyl (C=O) groups excluding carboxylic acids is 1. The van der Waals surface area contributed by atoms with Gasteiger partial charge in [0.1, 0.15) is 11.2 Å². The lowest BCUT2D eigenvalue weighted by Crippen LogP contribution is -2.57. The maximum atomic E-state index is 12.4. The Kier molecular flexibility index (Phi) is 5.23. The summed E-state index contributed by atoms with van der Waals surface area (Å²) in [5.74, 6) is 0. The number of likely N-dealkylation sites (tertiary alicyclic amines) is 1. The molecule has 1 N–H and O–H groups in total. The molecule has 1 saturated heterocycles. The fourth-order valence-corrected chi connectivity index (χ4v) is 5.08. The number of nitrogens with zero attached hydrogens (tertiary/aromatic N) is 1. The molecule has 2 atom stereocenters. The number of ether oxygens (including phenoxy) is 1. The number of benzene rings is 2. The van der Waals surface area contributed by atoms with Gasteiger partial charge in [0.05, 0.1) is 19.4 Å². The predicted octanol–water partition coefficient (Wildman–Crippen LogP) is 3.28. The number of sulfonamides is 1. The molecule has 29 heavy (non-hydrogen) atoms. The number of amides is 1. The van der Waals surface area contributed by atoms with Gasteiger partial charge >= 0.3 is 6.09 Å². The fraction of sp³-hybridized carbons (Fsp3) is 0.381. The van der Waals surface area contributed by atoms with Crippen molar-refractivity contribution in [3.05, 3.63) is 48.0 Å². The lowest BCUT2D eigenvalue weighted by molar-refractivity contribution is 0.0793. The molecule has 0 aliphatic carbocycles. The van der Waals surface area contributed by atoms with Gasteiger partial charge in [0, 0.05) is 23.4 Å². The standard InChI is InChI=1S/C21H24N2O5S/c1-27-21(24)23-12-6-10-17(22-29(2,25)26)18(23)13-14-7-5-9-16-15-8-3-4-11-19(15)28-20(14)16/h3-5,7-9,11,17-18,22H,6,10,12-13H2,1-2H3. The average molecular weight is 416 g/mol. The van der Waals surface area contributed by atoms with E-state index in [0.717, 1.165) is 33.8 Å². The number of rotatable bonds is 4. The second kappa shape index (κ2) is 7.68. The molecule has 7 nitrogen and oxygen atoms in total. The van der Waals surface area contributed by atoms with Crippen LogP contribution in [0.25, 0.3) is 21.9 Å². The molecule has 1 aromatic heterocycles. The highest BCUT2D eigenvalue weighted by Gasteiger charge is 2.37. The van der Waals surface area contributed by atoms with Crippen molar-refractivity contribution in [3.8, 4) is 0 Å². The van der Waals surface area contributed by atoms with Gasteiger partial charge < -0.3 is 14.1 Å². The topological polar surface area (TPSA) is 88.9 Å². The first-order valence-electron chi connectivity index (χ1n) is 9.58. The summed E-state index contributed by atoms with van der Waals surface area (Å²) in [4.78, 5) is 14.0. The van der Waals surface area contributed by atoms with E-state index in [1.165, 1.54) is 7.11 Å². The van der Waals surface area contributed by atoms with E-state index in [-0.39, 0.29) is 6.04 Å². The molecule has 0 saturated carbocycles. The van der Waals surface area contributed by atoms with Crippen molar-refractivity contribution >= 4 is 38.1 Å². The van der Waals surface area contributed by atoms with Crippen molar-refractivity contribution < 1.29 is 22.4 Å². The molecule has 0 radical (unpaired) electrons. The van der Waals surface area contributed by atoms with E-state index in [9.17, 15) is 13.2 Å². The van der Waals surface area contributed by atoms with Crippen molar-refractivity contribution in [2.45, 2.75) is 31.3 Å². The minimum Gasteiger partial charge on any atom is -0.456 e. The summed E-state index contributed by atoms with van der Waals surface area (Å²) < 4.78 is 37.6. The van der Waals surface area contributed by atoms with Crippen LogP contribution in [0.1, 0.15) is 18.4 Å². The zero-order chi connectivity index (χ0) is 20.6. The van der Waals surface area contributed by atoms with Crippen molar-refractivity contribution in [3.63, 3.8) is 0 Å². The molecule has 4 rings (SSSR count). The maximum absolute atomic E-state index is 12.4. The summed E-state index contributed by atoms with van der Waals surface area (Å²) in [6.45, 7) is 0.523. The van der Waals surface area contributed by atoms with Crippen molar-refractivity contribution in [2.75, 3.05) is 19.9 Å². The number of fused-ring (bicyclic) bond motifs is 3. The Morgan fingerprint density at radius 2 is 1.97 bits per heavy atom. The first kappa shape index (κ1) is 19.7. The maximum Gasteiger partial charge on any atom is 0.409 e. The van der Waals surface area contributed by atoms with Crippen LogP contribution in [-0.2, 0) is 21.2 Å². The normalized spacial score (nSPS) is 20.3. The molecule has 1 aliphatic rings. The average Bonchev–Trinajstić information content (AvgIpc) is 3.07. The summed E-state index contributed by atoms with van der Waals surface area (Å²) in [5.41, 5.74) is 2.50. The molecule has 2 aromatic carbocycles. The molecule has 0 bridgehead atoms. The van der Waals surface area contributed by atoms with Crippen LogP contribution in [0, 0.1) is 0 Å². The van der Waals surface area contributed by atoms with Crippen LogP contribution in [0.4, 0.5) is 4.79 Å². The molecule has 154 valence electrons. The number of hydrogen-bond donors (Lipinski definition) is 1. The lowest BCUT2D eigenvalue weighted by Gasteiger charge is -2.40. The monoisotopic (exact) mass is 416 g/mol. The minimum absolute atomic E-state index is 0.371. The molecule has 3 aromatic rings. The van der Waals surface area contributed by atoms with Gasteiger partial charge in [0.2, 0.25) is 10.0 Å². The van der Waals surface area contributed by atoms with E-state index >= 15 is 0 Å². The number of nitrogens with one attached hydrogen (secondary N) is 1. The van der Waals surface area contributed by atoms with Crippen LogP contribution in [0.15, 0.2) is 46.9 Å². The van der Waals surface area contributed by atoms with Crippen LogP contribution < -0.4 is 4.72 Å². The highest BCUT2D eigenvalue weighted by Crippen LogP contribution is 2.33. The Labute approximate surface area is 169 Å². The third-order valence-corrected chi connectivity index (χ3v) is 6.20. The van der Waals surface area contributed by atoms with E-state index in [2.05, 4.69) is 4.72 Å². The first-order valence-corrected chi connectivity index (χ1v) is 11.5. The van der Waals surface area contributed by atoms with Crippen molar-refractivity contribution in [1.82, 2.24) is 9.62 Å². The van der Waals surface area contributed by atoms with Gasteiger partial charge in [-0.15, -0.1) is 0 Å². The number of methoxy groups -OCH3 is 1. The Morgan fingerprint density at radius 1 is 1.21 bits per heavy atom. The lowest BCUT2D eigenvalue weighted by atomic mass is 9.91. The molecular formula is C21H24N2O5S. The second-order valence-corrected chi connectivity index (χ2v) is 9.25. The van der Waals surface area contributed by atoms with E-state index in [1.807, 2.05) is 42.5 Å². The van der Waals surface area contributed by atoms with Crippen LogP contribution in [0.5, 0.6) is 0 Å². The molecule has 8 heteroatoms. The van der Waals surface area contributed by atoms with Crippen LogP contribution in [-0.4, -0.2) is 51.4 Å². The molecular weight excluding hydrogens is 392 g/mol. The SMILES string of the molecule is COC(=O)N1CCCC(NS(C)(=O)=O)C1Cc1cccc2c1oc1ccccc12. The van der Waals surface area contributed by atoms with E-state index < -0.39 is 22.2 Å². The Bertz CT molecular complexity index is 1150. The Morgan fingerprint density at radius 3 is 2.72 bits per heavy atom. The van der Waals surface area contributed by atoms with Gasteiger partial charge in [-0.25, -0.2) is 17.9 Å². The summed E-state index contributed by atoms with van der Waals surface area (Å²) in [5, 5.41) is 2.04. The quantitative estimate of drug-likeness (QED) is 0.705. The molecule has 1 fully saturated rings. The molecule has 1 aliphatic heterocycles. The highest BCUT2D eigenvalue weighted by molar-refractivity contribution is 7.88.